The van der Waals surface area contributed by atoms with Crippen molar-refractivity contribution in [3.05, 3.63) is 36.2 Å². The highest BCUT2D eigenvalue weighted by atomic mass is 19.1. The Bertz CT molecular complexity index is 585. The molecule has 1 aromatic rings. The van der Waals surface area contributed by atoms with Crippen LogP contribution in [0.5, 0.6) is 5.75 Å². The summed E-state index contributed by atoms with van der Waals surface area (Å²) in [5, 5.41) is 11.8. The van der Waals surface area contributed by atoms with Gasteiger partial charge in [0.25, 0.3) is 0 Å². The van der Waals surface area contributed by atoms with Crippen molar-refractivity contribution in [1.29, 1.82) is 0 Å². The first-order valence-corrected chi connectivity index (χ1v) is 6.55. The lowest BCUT2D eigenvalue weighted by Crippen LogP contribution is -2.34. The fourth-order valence-corrected chi connectivity index (χ4v) is 2.35. The number of benzene rings is 1. The molecule has 0 bridgehead atoms. The average Bonchev–Trinajstić information content (AvgIpc) is 2.49. The van der Waals surface area contributed by atoms with Gasteiger partial charge in [-0.2, -0.15) is 0 Å². The molecule has 0 saturated heterocycles. The van der Waals surface area contributed by atoms with Crippen molar-refractivity contribution in [3.63, 3.8) is 0 Å². The van der Waals surface area contributed by atoms with Gasteiger partial charge in [-0.1, -0.05) is 12.2 Å². The van der Waals surface area contributed by atoms with Crippen LogP contribution in [-0.4, -0.2) is 24.1 Å². The molecule has 0 spiro atoms. The summed E-state index contributed by atoms with van der Waals surface area (Å²) in [5.41, 5.74) is 0.372. The van der Waals surface area contributed by atoms with Gasteiger partial charge in [0.05, 0.1) is 18.9 Å². The van der Waals surface area contributed by atoms with Gasteiger partial charge in [-0.15, -0.1) is 0 Å². The molecule has 1 aliphatic rings. The lowest BCUT2D eigenvalue weighted by Gasteiger charge is -2.24. The third kappa shape index (κ3) is 3.39. The topological polar surface area (TPSA) is 75.6 Å². The van der Waals surface area contributed by atoms with E-state index in [1.807, 2.05) is 0 Å². The molecular weight excluding hydrogens is 277 g/mol. The Balaban J connectivity index is 2.13. The normalized spacial score (nSPS) is 20.9. The molecule has 21 heavy (non-hydrogen) atoms. The zero-order chi connectivity index (χ0) is 15.4. The first-order chi connectivity index (χ1) is 10.0. The molecule has 0 aliphatic heterocycles. The van der Waals surface area contributed by atoms with Gasteiger partial charge in [-0.05, 0) is 25.0 Å². The second-order valence-corrected chi connectivity index (χ2v) is 4.83. The number of hydrogen-bond acceptors (Lipinski definition) is 3. The van der Waals surface area contributed by atoms with E-state index >= 15 is 0 Å². The van der Waals surface area contributed by atoms with Gasteiger partial charge in [0.1, 0.15) is 0 Å². The third-order valence-corrected chi connectivity index (χ3v) is 3.51. The summed E-state index contributed by atoms with van der Waals surface area (Å²) in [7, 11) is 1.33. The van der Waals surface area contributed by atoms with Gasteiger partial charge in [0, 0.05) is 11.8 Å². The number of ether oxygens (including phenoxy) is 1. The molecule has 2 unspecified atom stereocenters. The zero-order valence-electron chi connectivity index (χ0n) is 11.5. The highest BCUT2D eigenvalue weighted by molar-refractivity contribution is 5.95. The number of nitrogens with one attached hydrogen (secondary N) is 1. The number of carbonyl (C=O) groups excluding carboxylic acids is 1. The van der Waals surface area contributed by atoms with Crippen LogP contribution in [0.25, 0.3) is 0 Å². The molecule has 5 nitrogen and oxygen atoms in total. The summed E-state index contributed by atoms with van der Waals surface area (Å²) in [6, 6.07) is 3.95. The molecule has 2 N–H and O–H groups in total. The van der Waals surface area contributed by atoms with Crippen molar-refractivity contribution >= 4 is 17.6 Å². The van der Waals surface area contributed by atoms with Crippen LogP contribution in [0.3, 0.4) is 0 Å². The van der Waals surface area contributed by atoms with E-state index in [0.29, 0.717) is 18.5 Å². The quantitative estimate of drug-likeness (QED) is 0.836. The summed E-state index contributed by atoms with van der Waals surface area (Å²) in [4.78, 5) is 23.4. The van der Waals surface area contributed by atoms with Crippen LogP contribution in [0, 0.1) is 17.7 Å². The molecule has 0 heterocycles. The van der Waals surface area contributed by atoms with Crippen LogP contribution in [0.4, 0.5) is 10.1 Å². The van der Waals surface area contributed by atoms with E-state index in [9.17, 15) is 14.0 Å². The minimum Gasteiger partial charge on any atom is -0.494 e. The molecule has 0 aromatic heterocycles. The highest BCUT2D eigenvalue weighted by Gasteiger charge is 2.33. The molecular formula is C15H16FNO4. The predicted octanol–water partition coefficient (Wildman–Crippen LogP) is 2.44. The fraction of sp³-hybridized carbons (Fsp3) is 0.333. The molecule has 0 radical (unpaired) electrons. The van der Waals surface area contributed by atoms with E-state index < -0.39 is 23.6 Å². The van der Waals surface area contributed by atoms with Crippen LogP contribution in [0.1, 0.15) is 12.8 Å². The van der Waals surface area contributed by atoms with E-state index in [1.54, 1.807) is 12.2 Å². The zero-order valence-corrected chi connectivity index (χ0v) is 11.5. The van der Waals surface area contributed by atoms with Crippen LogP contribution in [0.2, 0.25) is 0 Å². The number of anilines is 1. The predicted molar refractivity (Wildman–Crippen MR) is 74.6 cm³/mol. The third-order valence-electron chi connectivity index (χ3n) is 3.51. The van der Waals surface area contributed by atoms with Gasteiger partial charge < -0.3 is 15.2 Å². The largest absolute Gasteiger partial charge is 0.494 e. The monoisotopic (exact) mass is 293 g/mol. The van der Waals surface area contributed by atoms with Gasteiger partial charge in [-0.25, -0.2) is 4.39 Å². The van der Waals surface area contributed by atoms with Crippen LogP contribution in [0.15, 0.2) is 30.4 Å². The Labute approximate surface area is 121 Å². The van der Waals surface area contributed by atoms with Crippen molar-refractivity contribution in [2.24, 2.45) is 11.8 Å². The van der Waals surface area contributed by atoms with Gasteiger partial charge in [-0.3, -0.25) is 9.59 Å². The SMILES string of the molecule is COc1cc(NC(=O)C2CC=CCC2C(=O)O)ccc1F. The summed E-state index contributed by atoms with van der Waals surface area (Å²) >= 11 is 0. The van der Waals surface area contributed by atoms with Crippen molar-refractivity contribution in [3.8, 4) is 5.75 Å². The summed E-state index contributed by atoms with van der Waals surface area (Å²) in [6.07, 6.45) is 4.28. The Morgan fingerprint density at radius 2 is 1.95 bits per heavy atom. The van der Waals surface area contributed by atoms with Crippen LogP contribution >= 0.6 is 0 Å². The van der Waals surface area contributed by atoms with E-state index in [2.05, 4.69) is 5.32 Å². The average molecular weight is 293 g/mol. The number of carboxylic acids is 1. The first kappa shape index (κ1) is 15.0. The molecule has 1 amide bonds. The molecule has 2 rings (SSSR count). The van der Waals surface area contributed by atoms with Crippen LogP contribution in [-0.2, 0) is 9.59 Å². The molecule has 2 atom stereocenters. The Morgan fingerprint density at radius 1 is 1.29 bits per heavy atom. The van der Waals surface area contributed by atoms with Crippen LogP contribution < -0.4 is 10.1 Å². The Hall–Kier alpha value is -2.37. The molecule has 112 valence electrons. The van der Waals surface area contributed by atoms with Crippen molar-refractivity contribution in [2.75, 3.05) is 12.4 Å². The minimum atomic E-state index is -0.990. The molecule has 0 fully saturated rings. The van der Waals surface area contributed by atoms with Gasteiger partial charge in [0.2, 0.25) is 5.91 Å². The number of carboxylic acid groups (broad SMARTS) is 1. The lowest BCUT2D eigenvalue weighted by atomic mass is 9.82. The van der Waals surface area contributed by atoms with Gasteiger partial charge in [0.15, 0.2) is 11.6 Å². The minimum absolute atomic E-state index is 0.0196. The lowest BCUT2D eigenvalue weighted by molar-refractivity contribution is -0.146. The molecule has 0 saturated carbocycles. The number of methoxy groups -OCH3 is 1. The second kappa shape index (κ2) is 6.39. The maximum absolute atomic E-state index is 13.3. The van der Waals surface area contributed by atoms with E-state index in [1.165, 1.54) is 25.3 Å². The smallest absolute Gasteiger partial charge is 0.307 e. The summed E-state index contributed by atoms with van der Waals surface area (Å²) in [6.45, 7) is 0. The number of carbonyl (C=O) groups is 2. The highest BCUT2D eigenvalue weighted by Crippen LogP contribution is 2.28. The fourth-order valence-electron chi connectivity index (χ4n) is 2.35. The van der Waals surface area contributed by atoms with E-state index in [0.717, 1.165) is 0 Å². The second-order valence-electron chi connectivity index (χ2n) is 4.83. The number of amides is 1. The maximum Gasteiger partial charge on any atom is 0.307 e. The van der Waals surface area contributed by atoms with E-state index in [4.69, 9.17) is 9.84 Å². The number of rotatable bonds is 4. The maximum atomic E-state index is 13.3. The Kier molecular flexibility index (Phi) is 4.57. The Morgan fingerprint density at radius 3 is 2.57 bits per heavy atom. The number of aliphatic carboxylic acids is 1. The number of halogens is 1. The number of allylic oxidation sites excluding steroid dienone is 2. The first-order valence-electron chi connectivity index (χ1n) is 6.55. The molecule has 1 aliphatic carbocycles. The number of hydrogen-bond donors (Lipinski definition) is 2. The van der Waals surface area contributed by atoms with Crippen molar-refractivity contribution in [1.82, 2.24) is 0 Å². The summed E-state index contributed by atoms with van der Waals surface area (Å²) < 4.78 is 18.1. The van der Waals surface area contributed by atoms with Crippen molar-refractivity contribution in [2.45, 2.75) is 12.8 Å². The van der Waals surface area contributed by atoms with Crippen molar-refractivity contribution < 1.29 is 23.8 Å². The van der Waals surface area contributed by atoms with Gasteiger partial charge >= 0.3 is 5.97 Å². The molecule has 6 heteroatoms. The summed E-state index contributed by atoms with van der Waals surface area (Å²) in [5.74, 6) is -3.26. The van der Waals surface area contributed by atoms with E-state index in [-0.39, 0.29) is 11.7 Å². The standard InChI is InChI=1S/C15H16FNO4/c1-21-13-8-9(6-7-12(13)16)17-14(18)10-4-2-3-5-11(10)15(19)20/h2-3,6-8,10-11H,4-5H2,1H3,(H,17,18)(H,19,20). The molecule has 1 aromatic carbocycles.